The van der Waals surface area contributed by atoms with Crippen molar-refractivity contribution in [3.05, 3.63) is 47.7 Å². The number of carbonyl (C=O) groups excluding carboxylic acids is 1. The van der Waals surface area contributed by atoms with Crippen molar-refractivity contribution < 1.29 is 4.79 Å². The molecular weight excluding hydrogens is 256 g/mol. The van der Waals surface area contributed by atoms with Crippen LogP contribution in [-0.4, -0.2) is 30.3 Å². The smallest absolute Gasteiger partial charge is 0.255 e. The van der Waals surface area contributed by atoms with E-state index in [1.165, 1.54) is 0 Å². The van der Waals surface area contributed by atoms with Crippen LogP contribution in [-0.2, 0) is 13.6 Å². The topological polar surface area (TPSA) is 77.1 Å². The number of carbonyl (C=O) groups is 1. The molecule has 20 heavy (non-hydrogen) atoms. The molecule has 0 saturated heterocycles. The van der Waals surface area contributed by atoms with Gasteiger partial charge in [0.2, 0.25) is 0 Å². The van der Waals surface area contributed by atoms with Gasteiger partial charge in [-0.15, -0.1) is 10.2 Å². The summed E-state index contributed by atoms with van der Waals surface area (Å²) in [6, 6.07) is 5.65. The molecule has 1 amide bonds. The van der Waals surface area contributed by atoms with E-state index in [1.54, 1.807) is 17.9 Å². The second-order valence-corrected chi connectivity index (χ2v) is 4.50. The lowest BCUT2D eigenvalue weighted by atomic mass is 10.2. The first kappa shape index (κ1) is 12.3. The van der Waals surface area contributed by atoms with Crippen molar-refractivity contribution >= 4 is 11.6 Å². The minimum atomic E-state index is -0.164. The molecule has 0 radical (unpaired) electrons. The Kier molecular flexibility index (Phi) is 2.94. The van der Waals surface area contributed by atoms with Crippen molar-refractivity contribution in [2.24, 2.45) is 7.05 Å². The largest absolute Gasteiger partial charge is 0.345 e. The molecule has 0 spiro atoms. The Labute approximate surface area is 115 Å². The molecule has 1 N–H and O–H groups in total. The predicted octanol–water partition coefficient (Wildman–Crippen LogP) is 0.701. The molecule has 102 valence electrons. The Bertz CT molecular complexity index is 772. The van der Waals surface area contributed by atoms with Crippen LogP contribution in [0.5, 0.6) is 0 Å². The Morgan fingerprint density at radius 2 is 2.20 bits per heavy atom. The summed E-state index contributed by atoms with van der Waals surface area (Å²) in [6.07, 6.45) is 3.43. The third kappa shape index (κ3) is 2.03. The second-order valence-electron chi connectivity index (χ2n) is 4.50. The molecule has 7 nitrogen and oxygen atoms in total. The van der Waals surface area contributed by atoms with Crippen molar-refractivity contribution in [1.82, 2.24) is 29.7 Å². The van der Waals surface area contributed by atoms with Crippen LogP contribution in [0, 0.1) is 6.92 Å². The molecule has 7 heteroatoms. The molecule has 0 aliphatic rings. The summed E-state index contributed by atoms with van der Waals surface area (Å²) in [5.74, 6) is 0.527. The van der Waals surface area contributed by atoms with Crippen LogP contribution in [0.1, 0.15) is 21.9 Å². The first-order valence-electron chi connectivity index (χ1n) is 6.22. The van der Waals surface area contributed by atoms with E-state index in [2.05, 4.69) is 20.6 Å². The van der Waals surface area contributed by atoms with Crippen molar-refractivity contribution in [3.63, 3.8) is 0 Å². The van der Waals surface area contributed by atoms with Gasteiger partial charge in [0.25, 0.3) is 5.91 Å². The third-order valence-electron chi connectivity index (χ3n) is 3.27. The lowest BCUT2D eigenvalue weighted by Crippen LogP contribution is -2.24. The summed E-state index contributed by atoms with van der Waals surface area (Å²) >= 11 is 0. The van der Waals surface area contributed by atoms with Crippen molar-refractivity contribution in [2.45, 2.75) is 13.5 Å². The fourth-order valence-electron chi connectivity index (χ4n) is 1.99. The van der Waals surface area contributed by atoms with Gasteiger partial charge in [0.15, 0.2) is 11.5 Å². The fourth-order valence-corrected chi connectivity index (χ4v) is 1.99. The van der Waals surface area contributed by atoms with Gasteiger partial charge in [0, 0.05) is 18.9 Å². The lowest BCUT2D eigenvalue weighted by molar-refractivity contribution is 0.0949. The van der Waals surface area contributed by atoms with Gasteiger partial charge in [-0.3, -0.25) is 13.9 Å². The number of nitrogens with one attached hydrogen (secondary N) is 1. The number of pyridine rings is 1. The molecule has 0 fully saturated rings. The molecular formula is C13H14N6O. The maximum Gasteiger partial charge on any atom is 0.255 e. The highest BCUT2D eigenvalue weighted by Gasteiger charge is 2.13. The summed E-state index contributed by atoms with van der Waals surface area (Å²) in [5.41, 5.74) is 2.16. The molecule has 3 aromatic heterocycles. The second kappa shape index (κ2) is 4.76. The molecule has 0 aromatic carbocycles. The maximum atomic E-state index is 12.1. The molecule has 0 aliphatic carbocycles. The Morgan fingerprint density at radius 1 is 1.35 bits per heavy atom. The van der Waals surface area contributed by atoms with Gasteiger partial charge in [-0.1, -0.05) is 6.07 Å². The molecule has 3 aromatic rings. The van der Waals surface area contributed by atoms with E-state index in [-0.39, 0.29) is 5.91 Å². The molecule has 0 saturated carbocycles. The Balaban J connectivity index is 1.76. The van der Waals surface area contributed by atoms with Crippen LogP contribution in [0.2, 0.25) is 0 Å². The normalized spacial score (nSPS) is 10.9. The fraction of sp³-hybridized carbons (Fsp3) is 0.231. The molecule has 0 aliphatic heterocycles. The van der Waals surface area contributed by atoms with Crippen LogP contribution in [0.3, 0.4) is 0 Å². The van der Waals surface area contributed by atoms with Crippen LogP contribution in [0.15, 0.2) is 30.6 Å². The monoisotopic (exact) mass is 270 g/mol. The van der Waals surface area contributed by atoms with Crippen molar-refractivity contribution in [3.8, 4) is 0 Å². The highest BCUT2D eigenvalue weighted by atomic mass is 16.1. The first-order valence-corrected chi connectivity index (χ1v) is 6.22. The maximum absolute atomic E-state index is 12.1. The highest BCUT2D eigenvalue weighted by molar-refractivity contribution is 5.94. The van der Waals surface area contributed by atoms with Gasteiger partial charge < -0.3 is 5.32 Å². The van der Waals surface area contributed by atoms with E-state index in [9.17, 15) is 4.79 Å². The molecule has 0 bridgehead atoms. The zero-order chi connectivity index (χ0) is 14.1. The quantitative estimate of drug-likeness (QED) is 0.760. The summed E-state index contributed by atoms with van der Waals surface area (Å²) in [7, 11) is 1.80. The zero-order valence-electron chi connectivity index (χ0n) is 11.2. The van der Waals surface area contributed by atoms with Crippen molar-refractivity contribution in [1.29, 1.82) is 0 Å². The van der Waals surface area contributed by atoms with Gasteiger partial charge in [0.05, 0.1) is 18.3 Å². The number of aryl methyl sites for hydroxylation is 1. The lowest BCUT2D eigenvalue weighted by Gasteiger charge is -2.03. The van der Waals surface area contributed by atoms with E-state index >= 15 is 0 Å². The SMILES string of the molecule is Cc1c(C(=O)NCc2nnc3ccccn23)cnn1C. The van der Waals surface area contributed by atoms with Crippen LogP contribution in [0.4, 0.5) is 0 Å². The number of rotatable bonds is 3. The summed E-state index contributed by atoms with van der Waals surface area (Å²) in [5, 5.41) is 15.0. The minimum absolute atomic E-state index is 0.164. The van der Waals surface area contributed by atoms with Crippen LogP contribution in [0.25, 0.3) is 5.65 Å². The van der Waals surface area contributed by atoms with E-state index < -0.39 is 0 Å². The average Bonchev–Trinajstić information content (AvgIpc) is 3.01. The van der Waals surface area contributed by atoms with Gasteiger partial charge in [0.1, 0.15) is 0 Å². The predicted molar refractivity (Wildman–Crippen MR) is 72.1 cm³/mol. The summed E-state index contributed by atoms with van der Waals surface area (Å²) in [6.45, 7) is 2.17. The van der Waals surface area contributed by atoms with Gasteiger partial charge in [-0.05, 0) is 19.1 Å². The number of hydrogen-bond acceptors (Lipinski definition) is 4. The highest BCUT2D eigenvalue weighted by Crippen LogP contribution is 2.06. The number of aromatic nitrogens is 5. The Morgan fingerprint density at radius 3 is 2.95 bits per heavy atom. The molecule has 3 rings (SSSR count). The van der Waals surface area contributed by atoms with E-state index in [0.29, 0.717) is 17.9 Å². The standard InChI is InChI=1S/C13H14N6O/c1-9-10(7-15-18(9)2)13(20)14-8-12-17-16-11-5-3-4-6-19(11)12/h3-7H,8H2,1-2H3,(H,14,20). The molecule has 0 unspecified atom stereocenters. The average molecular weight is 270 g/mol. The van der Waals surface area contributed by atoms with Crippen LogP contribution >= 0.6 is 0 Å². The number of hydrogen-bond donors (Lipinski definition) is 1. The van der Waals surface area contributed by atoms with Gasteiger partial charge in [-0.25, -0.2) is 0 Å². The molecule has 3 heterocycles. The Hall–Kier alpha value is -2.70. The van der Waals surface area contributed by atoms with E-state index in [1.807, 2.05) is 35.7 Å². The molecule has 0 atom stereocenters. The van der Waals surface area contributed by atoms with Crippen molar-refractivity contribution in [2.75, 3.05) is 0 Å². The first-order chi connectivity index (χ1) is 9.66. The van der Waals surface area contributed by atoms with E-state index in [0.717, 1.165) is 11.3 Å². The number of fused-ring (bicyclic) bond motifs is 1. The van der Waals surface area contributed by atoms with Gasteiger partial charge >= 0.3 is 0 Å². The summed E-state index contributed by atoms with van der Waals surface area (Å²) < 4.78 is 3.51. The summed E-state index contributed by atoms with van der Waals surface area (Å²) in [4.78, 5) is 12.1. The van der Waals surface area contributed by atoms with E-state index in [4.69, 9.17) is 0 Å². The van der Waals surface area contributed by atoms with Gasteiger partial charge in [-0.2, -0.15) is 5.10 Å². The zero-order valence-corrected chi connectivity index (χ0v) is 11.2. The minimum Gasteiger partial charge on any atom is -0.345 e. The third-order valence-corrected chi connectivity index (χ3v) is 3.27. The number of nitrogens with zero attached hydrogens (tertiary/aromatic N) is 5. The number of amides is 1. The van der Waals surface area contributed by atoms with Crippen LogP contribution < -0.4 is 5.32 Å².